The highest BCUT2D eigenvalue weighted by Crippen LogP contribution is 2.22. The highest BCUT2D eigenvalue weighted by atomic mass is 16.5. The first kappa shape index (κ1) is 12.4. The van der Waals surface area contributed by atoms with Crippen LogP contribution in [0.15, 0.2) is 18.2 Å². The first-order chi connectivity index (χ1) is 8.38. The first-order valence-electron chi connectivity index (χ1n) is 6.59. The number of nitrogens with zero attached hydrogens (tertiary/aromatic N) is 1. The van der Waals surface area contributed by atoms with Gasteiger partial charge >= 0.3 is 0 Å². The second-order valence-electron chi connectivity index (χ2n) is 4.81. The van der Waals surface area contributed by atoms with Gasteiger partial charge < -0.3 is 10.1 Å². The van der Waals surface area contributed by atoms with E-state index in [0.29, 0.717) is 5.88 Å². The van der Waals surface area contributed by atoms with Gasteiger partial charge in [0, 0.05) is 12.6 Å². The predicted molar refractivity (Wildman–Crippen MR) is 69.1 cm³/mol. The van der Waals surface area contributed by atoms with Crippen molar-refractivity contribution in [2.45, 2.75) is 38.6 Å². The predicted octanol–water partition coefficient (Wildman–Crippen LogP) is 2.76. The van der Waals surface area contributed by atoms with Gasteiger partial charge in [0.1, 0.15) is 0 Å². The third-order valence-corrected chi connectivity index (χ3v) is 3.45. The van der Waals surface area contributed by atoms with E-state index in [1.807, 2.05) is 18.2 Å². The van der Waals surface area contributed by atoms with Crippen LogP contribution in [0.25, 0.3) is 0 Å². The fourth-order valence-corrected chi connectivity index (χ4v) is 2.47. The SMILES string of the molecule is COc1cccc(CNCC2CCCCC2)n1. The largest absolute Gasteiger partial charge is 0.481 e. The molecule has 0 atom stereocenters. The molecule has 0 aromatic carbocycles. The van der Waals surface area contributed by atoms with Crippen molar-refractivity contribution in [2.75, 3.05) is 13.7 Å². The lowest BCUT2D eigenvalue weighted by molar-refractivity contribution is 0.341. The molecule has 0 unspecified atom stereocenters. The molecular weight excluding hydrogens is 212 g/mol. The van der Waals surface area contributed by atoms with Gasteiger partial charge in [0.05, 0.1) is 12.8 Å². The van der Waals surface area contributed by atoms with Gasteiger partial charge in [-0.25, -0.2) is 4.98 Å². The maximum atomic E-state index is 5.11. The minimum absolute atomic E-state index is 0.696. The molecule has 1 aliphatic carbocycles. The van der Waals surface area contributed by atoms with Crippen LogP contribution in [-0.4, -0.2) is 18.6 Å². The average molecular weight is 234 g/mol. The Morgan fingerprint density at radius 1 is 1.29 bits per heavy atom. The molecule has 0 radical (unpaired) electrons. The summed E-state index contributed by atoms with van der Waals surface area (Å²) in [6.45, 7) is 1.96. The second-order valence-corrected chi connectivity index (χ2v) is 4.81. The minimum Gasteiger partial charge on any atom is -0.481 e. The van der Waals surface area contributed by atoms with Crippen LogP contribution in [0.3, 0.4) is 0 Å². The molecule has 1 aromatic heterocycles. The van der Waals surface area contributed by atoms with Crippen molar-refractivity contribution in [3.63, 3.8) is 0 Å². The lowest BCUT2D eigenvalue weighted by atomic mass is 9.89. The molecule has 0 saturated heterocycles. The molecule has 0 aliphatic heterocycles. The van der Waals surface area contributed by atoms with Gasteiger partial charge in [-0.3, -0.25) is 0 Å². The maximum Gasteiger partial charge on any atom is 0.213 e. The molecule has 0 amide bonds. The Bertz CT molecular complexity index is 335. The van der Waals surface area contributed by atoms with Crippen molar-refractivity contribution in [1.82, 2.24) is 10.3 Å². The highest BCUT2D eigenvalue weighted by Gasteiger charge is 2.12. The van der Waals surface area contributed by atoms with E-state index in [9.17, 15) is 0 Å². The van der Waals surface area contributed by atoms with E-state index < -0.39 is 0 Å². The van der Waals surface area contributed by atoms with Gasteiger partial charge in [0.25, 0.3) is 0 Å². The average Bonchev–Trinajstić information content (AvgIpc) is 2.40. The van der Waals surface area contributed by atoms with Crippen molar-refractivity contribution in [2.24, 2.45) is 5.92 Å². The monoisotopic (exact) mass is 234 g/mol. The molecule has 1 N–H and O–H groups in total. The highest BCUT2D eigenvalue weighted by molar-refractivity contribution is 5.15. The van der Waals surface area contributed by atoms with E-state index in [1.54, 1.807) is 7.11 Å². The van der Waals surface area contributed by atoms with E-state index >= 15 is 0 Å². The minimum atomic E-state index is 0.696. The summed E-state index contributed by atoms with van der Waals surface area (Å²) in [6.07, 6.45) is 7.01. The fraction of sp³-hybridized carbons (Fsp3) is 0.643. The number of hydrogen-bond donors (Lipinski definition) is 1. The van der Waals surface area contributed by atoms with Gasteiger partial charge in [-0.2, -0.15) is 0 Å². The van der Waals surface area contributed by atoms with Crippen LogP contribution >= 0.6 is 0 Å². The van der Waals surface area contributed by atoms with Crippen LogP contribution in [-0.2, 0) is 6.54 Å². The number of aromatic nitrogens is 1. The summed E-state index contributed by atoms with van der Waals surface area (Å²) in [7, 11) is 1.65. The molecule has 1 fully saturated rings. The molecule has 0 bridgehead atoms. The van der Waals surface area contributed by atoms with Crippen molar-refractivity contribution in [3.05, 3.63) is 23.9 Å². The zero-order chi connectivity index (χ0) is 11.9. The lowest BCUT2D eigenvalue weighted by Gasteiger charge is -2.21. The molecule has 17 heavy (non-hydrogen) atoms. The van der Waals surface area contributed by atoms with E-state index in [4.69, 9.17) is 4.74 Å². The van der Waals surface area contributed by atoms with E-state index in [2.05, 4.69) is 10.3 Å². The standard InChI is InChI=1S/C14H22N2O/c1-17-14-9-5-8-13(16-14)11-15-10-12-6-3-2-4-7-12/h5,8-9,12,15H,2-4,6-7,10-11H2,1H3. The first-order valence-corrected chi connectivity index (χ1v) is 6.59. The zero-order valence-corrected chi connectivity index (χ0v) is 10.6. The molecule has 1 saturated carbocycles. The summed E-state index contributed by atoms with van der Waals surface area (Å²) in [6, 6.07) is 5.91. The Kier molecular flexibility index (Phi) is 4.80. The summed E-state index contributed by atoms with van der Waals surface area (Å²) >= 11 is 0. The Hall–Kier alpha value is -1.09. The van der Waals surface area contributed by atoms with E-state index in [-0.39, 0.29) is 0 Å². The summed E-state index contributed by atoms with van der Waals surface area (Å²) < 4.78 is 5.11. The molecule has 1 aromatic rings. The summed E-state index contributed by atoms with van der Waals surface area (Å²) in [5.41, 5.74) is 1.06. The molecule has 1 aliphatic rings. The molecule has 1 heterocycles. The van der Waals surface area contributed by atoms with Gasteiger partial charge in [-0.05, 0) is 31.4 Å². The Morgan fingerprint density at radius 2 is 2.12 bits per heavy atom. The zero-order valence-electron chi connectivity index (χ0n) is 10.6. The molecular formula is C14H22N2O. The normalized spacial score (nSPS) is 17.0. The number of rotatable bonds is 5. The quantitative estimate of drug-likeness (QED) is 0.850. The van der Waals surface area contributed by atoms with Crippen LogP contribution in [0, 0.1) is 5.92 Å². The Labute approximate surface area is 104 Å². The number of ether oxygens (including phenoxy) is 1. The number of methoxy groups -OCH3 is 1. The smallest absolute Gasteiger partial charge is 0.213 e. The van der Waals surface area contributed by atoms with Crippen molar-refractivity contribution < 1.29 is 4.74 Å². The van der Waals surface area contributed by atoms with Crippen LogP contribution < -0.4 is 10.1 Å². The van der Waals surface area contributed by atoms with Crippen molar-refractivity contribution >= 4 is 0 Å². The number of pyridine rings is 1. The van der Waals surface area contributed by atoms with Gasteiger partial charge in [0.15, 0.2) is 0 Å². The van der Waals surface area contributed by atoms with Crippen LogP contribution in [0.2, 0.25) is 0 Å². The summed E-state index contributed by atoms with van der Waals surface area (Å²) in [5, 5.41) is 3.50. The van der Waals surface area contributed by atoms with Crippen LogP contribution in [0.4, 0.5) is 0 Å². The summed E-state index contributed by atoms with van der Waals surface area (Å²) in [4.78, 5) is 4.39. The van der Waals surface area contributed by atoms with Crippen LogP contribution in [0.5, 0.6) is 5.88 Å². The number of nitrogens with one attached hydrogen (secondary N) is 1. The number of hydrogen-bond acceptors (Lipinski definition) is 3. The third kappa shape index (κ3) is 4.00. The third-order valence-electron chi connectivity index (χ3n) is 3.45. The fourth-order valence-electron chi connectivity index (χ4n) is 2.47. The van der Waals surface area contributed by atoms with E-state index in [0.717, 1.165) is 24.7 Å². The lowest BCUT2D eigenvalue weighted by Crippen LogP contribution is -2.24. The van der Waals surface area contributed by atoms with E-state index in [1.165, 1.54) is 32.1 Å². The van der Waals surface area contributed by atoms with Crippen molar-refractivity contribution in [3.8, 4) is 5.88 Å². The molecule has 3 nitrogen and oxygen atoms in total. The second kappa shape index (κ2) is 6.60. The van der Waals surface area contributed by atoms with Crippen LogP contribution in [0.1, 0.15) is 37.8 Å². The Morgan fingerprint density at radius 3 is 2.88 bits per heavy atom. The summed E-state index contributed by atoms with van der Waals surface area (Å²) in [5.74, 6) is 1.57. The Balaban J connectivity index is 1.73. The van der Waals surface area contributed by atoms with Gasteiger partial charge in [0.2, 0.25) is 5.88 Å². The van der Waals surface area contributed by atoms with Gasteiger partial charge in [-0.15, -0.1) is 0 Å². The molecule has 3 heteroatoms. The van der Waals surface area contributed by atoms with Gasteiger partial charge in [-0.1, -0.05) is 25.3 Å². The molecule has 2 rings (SSSR count). The molecule has 0 spiro atoms. The maximum absolute atomic E-state index is 5.11. The molecule has 94 valence electrons. The topological polar surface area (TPSA) is 34.1 Å². The van der Waals surface area contributed by atoms with Crippen molar-refractivity contribution in [1.29, 1.82) is 0 Å².